The molecule has 0 unspecified atom stereocenters. The first kappa shape index (κ1) is 22.9. The average molecular weight is 434 g/mol. The maximum Gasteiger partial charge on any atom is 0.248 e. The van der Waals surface area contributed by atoms with Crippen LogP contribution < -0.4 is 10.6 Å². The number of rotatable bonds is 5. The summed E-state index contributed by atoms with van der Waals surface area (Å²) in [5.74, 6) is 0.0315. The Labute approximate surface area is 182 Å². The van der Waals surface area contributed by atoms with E-state index in [0.717, 1.165) is 42.6 Å². The number of piperidine rings is 1. The molecule has 0 spiro atoms. The first-order valence-corrected chi connectivity index (χ1v) is 9.26. The number of aromatic nitrogens is 3. The second kappa shape index (κ2) is 10.4. The van der Waals surface area contributed by atoms with Crippen LogP contribution in [0.15, 0.2) is 67.3 Å². The van der Waals surface area contributed by atoms with Crippen LogP contribution >= 0.6 is 24.8 Å². The monoisotopic (exact) mass is 433 g/mol. The van der Waals surface area contributed by atoms with Gasteiger partial charge in [0, 0.05) is 31.3 Å². The Bertz CT molecular complexity index is 879. The zero-order valence-electron chi connectivity index (χ0n) is 16.0. The van der Waals surface area contributed by atoms with Crippen molar-refractivity contribution < 1.29 is 4.79 Å². The molecule has 3 aromatic rings. The number of hydrogen-bond donors (Lipinski definition) is 2. The van der Waals surface area contributed by atoms with Gasteiger partial charge in [-0.15, -0.1) is 24.8 Å². The largest absolute Gasteiger partial charge is 0.350 e. The third-order valence-corrected chi connectivity index (χ3v) is 5.20. The molecule has 0 aliphatic carbocycles. The molecule has 2 N–H and O–H groups in total. The van der Waals surface area contributed by atoms with Crippen LogP contribution in [0, 0.1) is 0 Å². The molecule has 1 aromatic carbocycles. The third kappa shape index (κ3) is 4.96. The molecular formula is C21H25Cl2N5O. The van der Waals surface area contributed by atoms with Crippen LogP contribution in [-0.2, 0) is 16.9 Å². The third-order valence-electron chi connectivity index (χ3n) is 5.20. The fourth-order valence-electron chi connectivity index (χ4n) is 3.62. The number of benzene rings is 1. The molecule has 0 atom stereocenters. The quantitative estimate of drug-likeness (QED) is 0.647. The van der Waals surface area contributed by atoms with Gasteiger partial charge in [0.15, 0.2) is 0 Å². The normalized spacial score (nSPS) is 14.9. The van der Waals surface area contributed by atoms with Gasteiger partial charge in [0.05, 0.1) is 0 Å². The summed E-state index contributed by atoms with van der Waals surface area (Å²) in [5.41, 5.74) is 2.66. The summed E-state index contributed by atoms with van der Waals surface area (Å²) in [6.07, 6.45) is 8.70. The molecular weight excluding hydrogens is 409 g/mol. The van der Waals surface area contributed by atoms with Gasteiger partial charge in [-0.3, -0.25) is 14.5 Å². The number of carbonyl (C=O) groups is 1. The molecule has 29 heavy (non-hydrogen) atoms. The lowest BCUT2D eigenvalue weighted by molar-refractivity contribution is -0.132. The van der Waals surface area contributed by atoms with E-state index in [0.29, 0.717) is 6.54 Å². The summed E-state index contributed by atoms with van der Waals surface area (Å²) >= 11 is 0. The Morgan fingerprint density at radius 2 is 1.79 bits per heavy atom. The van der Waals surface area contributed by atoms with Crippen molar-refractivity contribution in [1.82, 2.24) is 25.4 Å². The molecule has 2 aromatic heterocycles. The van der Waals surface area contributed by atoms with Crippen LogP contribution in [0.25, 0.3) is 11.1 Å². The van der Waals surface area contributed by atoms with Crippen LogP contribution in [0.1, 0.15) is 18.4 Å². The van der Waals surface area contributed by atoms with Gasteiger partial charge in [0.2, 0.25) is 5.91 Å². The van der Waals surface area contributed by atoms with Crippen molar-refractivity contribution in [3.8, 4) is 11.1 Å². The number of pyridine rings is 1. The smallest absolute Gasteiger partial charge is 0.248 e. The zero-order valence-corrected chi connectivity index (χ0v) is 17.6. The topological polar surface area (TPSA) is 71.8 Å². The SMILES string of the molecule is Cl.Cl.O=C(NCc1ccc(-c2cccnc2)cc1)C1(n2cccn2)CCNCC1. The minimum absolute atomic E-state index is 0. The number of carbonyl (C=O) groups excluding carboxylic acids is 1. The number of amides is 1. The maximum absolute atomic E-state index is 13.1. The first-order chi connectivity index (χ1) is 13.3. The molecule has 1 aliphatic rings. The molecule has 6 nitrogen and oxygen atoms in total. The molecule has 0 radical (unpaired) electrons. The lowest BCUT2D eigenvalue weighted by Crippen LogP contribution is -2.54. The Morgan fingerprint density at radius 3 is 2.41 bits per heavy atom. The number of halogens is 2. The lowest BCUT2D eigenvalue weighted by atomic mass is 9.87. The van der Waals surface area contributed by atoms with Crippen LogP contribution in [0.4, 0.5) is 0 Å². The van der Waals surface area contributed by atoms with Crippen molar-refractivity contribution in [3.63, 3.8) is 0 Å². The molecule has 8 heteroatoms. The van der Waals surface area contributed by atoms with Gasteiger partial charge in [-0.05, 0) is 54.8 Å². The van der Waals surface area contributed by atoms with Crippen LogP contribution in [-0.4, -0.2) is 33.8 Å². The summed E-state index contributed by atoms with van der Waals surface area (Å²) < 4.78 is 1.81. The minimum Gasteiger partial charge on any atom is -0.350 e. The fourth-order valence-corrected chi connectivity index (χ4v) is 3.62. The molecule has 4 rings (SSSR count). The highest BCUT2D eigenvalue weighted by Gasteiger charge is 2.41. The second-order valence-corrected chi connectivity index (χ2v) is 6.85. The first-order valence-electron chi connectivity index (χ1n) is 9.26. The molecule has 0 saturated carbocycles. The van der Waals surface area contributed by atoms with E-state index < -0.39 is 5.54 Å². The highest BCUT2D eigenvalue weighted by Crippen LogP contribution is 2.27. The number of hydrogen-bond acceptors (Lipinski definition) is 4. The van der Waals surface area contributed by atoms with E-state index >= 15 is 0 Å². The predicted octanol–water partition coefficient (Wildman–Crippen LogP) is 3.18. The van der Waals surface area contributed by atoms with Crippen molar-refractivity contribution in [2.75, 3.05) is 13.1 Å². The van der Waals surface area contributed by atoms with Crippen molar-refractivity contribution >= 4 is 30.7 Å². The molecule has 154 valence electrons. The average Bonchev–Trinajstić information content (AvgIpc) is 3.29. The number of nitrogens with one attached hydrogen (secondary N) is 2. The molecule has 3 heterocycles. The number of nitrogens with zero attached hydrogens (tertiary/aromatic N) is 3. The van der Waals surface area contributed by atoms with Crippen LogP contribution in [0.5, 0.6) is 0 Å². The summed E-state index contributed by atoms with van der Waals surface area (Å²) in [5, 5.41) is 10.8. The summed E-state index contributed by atoms with van der Waals surface area (Å²) in [6, 6.07) is 14.1. The molecule has 0 bridgehead atoms. The van der Waals surface area contributed by atoms with E-state index in [2.05, 4.69) is 32.8 Å². The van der Waals surface area contributed by atoms with Crippen molar-refractivity contribution in [1.29, 1.82) is 0 Å². The Hall–Kier alpha value is -2.41. The molecule has 1 saturated heterocycles. The molecule has 1 aliphatic heterocycles. The highest BCUT2D eigenvalue weighted by molar-refractivity contribution is 5.86. The summed E-state index contributed by atoms with van der Waals surface area (Å²) in [4.78, 5) is 17.2. The standard InChI is InChI=1S/C21H23N5O.2ClH/c27-20(21(8-12-22-13-9-21)26-14-2-11-25-26)24-15-17-4-6-18(7-5-17)19-3-1-10-23-16-19;;/h1-7,10-11,14,16,22H,8-9,12-13,15H2,(H,24,27);2*1H. The maximum atomic E-state index is 13.1. The lowest BCUT2D eigenvalue weighted by Gasteiger charge is -2.36. The van der Waals surface area contributed by atoms with Crippen molar-refractivity contribution in [2.45, 2.75) is 24.9 Å². The van der Waals surface area contributed by atoms with Gasteiger partial charge >= 0.3 is 0 Å². The van der Waals surface area contributed by atoms with Crippen LogP contribution in [0.2, 0.25) is 0 Å². The Kier molecular flexibility index (Phi) is 8.20. The zero-order chi connectivity index (χ0) is 18.5. The van der Waals surface area contributed by atoms with E-state index in [9.17, 15) is 4.79 Å². The second-order valence-electron chi connectivity index (χ2n) is 6.85. The Morgan fingerprint density at radius 1 is 1.03 bits per heavy atom. The Balaban J connectivity index is 0.00000150. The highest BCUT2D eigenvalue weighted by atomic mass is 35.5. The van der Waals surface area contributed by atoms with E-state index in [1.54, 1.807) is 12.4 Å². The van der Waals surface area contributed by atoms with Crippen molar-refractivity contribution in [2.24, 2.45) is 0 Å². The fraction of sp³-hybridized carbons (Fsp3) is 0.286. The van der Waals surface area contributed by atoms with E-state index in [1.807, 2.05) is 47.4 Å². The summed E-state index contributed by atoms with van der Waals surface area (Å²) in [6.45, 7) is 2.13. The van der Waals surface area contributed by atoms with Gasteiger partial charge in [0.1, 0.15) is 5.54 Å². The van der Waals surface area contributed by atoms with Gasteiger partial charge in [0.25, 0.3) is 0 Å². The van der Waals surface area contributed by atoms with Crippen LogP contribution in [0.3, 0.4) is 0 Å². The van der Waals surface area contributed by atoms with Crippen molar-refractivity contribution in [3.05, 3.63) is 72.8 Å². The van der Waals surface area contributed by atoms with E-state index in [4.69, 9.17) is 0 Å². The van der Waals surface area contributed by atoms with Gasteiger partial charge in [-0.1, -0.05) is 30.3 Å². The van der Waals surface area contributed by atoms with Gasteiger partial charge in [-0.25, -0.2) is 0 Å². The van der Waals surface area contributed by atoms with E-state index in [1.165, 1.54) is 0 Å². The predicted molar refractivity (Wildman–Crippen MR) is 118 cm³/mol. The molecule has 1 fully saturated rings. The van der Waals surface area contributed by atoms with E-state index in [-0.39, 0.29) is 30.7 Å². The minimum atomic E-state index is -0.607. The summed E-state index contributed by atoms with van der Waals surface area (Å²) in [7, 11) is 0. The van der Waals surface area contributed by atoms with Gasteiger partial charge < -0.3 is 10.6 Å². The van der Waals surface area contributed by atoms with Gasteiger partial charge in [-0.2, -0.15) is 5.10 Å². The molecule has 1 amide bonds.